The van der Waals surface area contributed by atoms with Crippen LogP contribution in [0.25, 0.3) is 0 Å². The number of nitrogens with one attached hydrogen (secondary N) is 2. The van der Waals surface area contributed by atoms with E-state index in [2.05, 4.69) is 105 Å². The average Bonchev–Trinajstić information content (AvgIpc) is 3.91. The first-order chi connectivity index (χ1) is 26.5. The van der Waals surface area contributed by atoms with Gasteiger partial charge in [0.05, 0.1) is 40.3 Å². The van der Waals surface area contributed by atoms with E-state index in [1.54, 1.807) is 0 Å². The van der Waals surface area contributed by atoms with Crippen LogP contribution in [-0.4, -0.2) is 40.9 Å². The number of halogens is 1. The number of aliphatic hydroxyl groups is 1. The van der Waals surface area contributed by atoms with Crippen LogP contribution in [0.1, 0.15) is 105 Å². The number of hydrogen-bond donors (Lipinski definition) is 3. The van der Waals surface area contributed by atoms with Crippen LogP contribution in [0.2, 0.25) is 0 Å². The van der Waals surface area contributed by atoms with E-state index in [0.717, 1.165) is 101 Å². The molecule has 3 atom stereocenters. The van der Waals surface area contributed by atoms with Gasteiger partial charge in [0.2, 0.25) is 5.91 Å². The average molecular weight is 852 g/mol. The normalized spacial score (nSPS) is 22.3. The summed E-state index contributed by atoms with van der Waals surface area (Å²) >= 11 is 2.30. The molecule has 0 radical (unpaired) electrons. The highest BCUT2D eigenvalue weighted by Gasteiger charge is 2.41. The van der Waals surface area contributed by atoms with Crippen molar-refractivity contribution in [2.24, 2.45) is 26.8 Å². The van der Waals surface area contributed by atoms with Crippen molar-refractivity contribution in [3.63, 3.8) is 0 Å². The Morgan fingerprint density at radius 2 is 1.80 bits per heavy atom. The molecular formula is C46H54IN5O3. The molecule has 1 aromatic rings. The van der Waals surface area contributed by atoms with E-state index in [4.69, 9.17) is 19.7 Å². The third-order valence-corrected chi connectivity index (χ3v) is 12.6. The number of benzene rings is 1. The Kier molecular flexibility index (Phi) is 11.8. The third kappa shape index (κ3) is 7.84. The van der Waals surface area contributed by atoms with Gasteiger partial charge in [0.25, 0.3) is 0 Å². The summed E-state index contributed by atoms with van der Waals surface area (Å²) in [6.45, 7) is 16.3. The Bertz CT molecular complexity index is 2170. The molecule has 0 saturated carbocycles. The number of hydrogen-bond acceptors (Lipinski definition) is 7. The molecule has 6 aliphatic rings. The number of aliphatic imine (C=N–C) groups is 3. The molecule has 5 heterocycles. The Labute approximate surface area is 340 Å². The fraction of sp³-hybridized carbons (Fsp3) is 0.435. The highest BCUT2D eigenvalue weighted by atomic mass is 127. The van der Waals surface area contributed by atoms with Crippen LogP contribution in [-0.2, 0) is 16.1 Å². The number of allylic oxidation sites excluding steroid dienone is 11. The fourth-order valence-electron chi connectivity index (χ4n) is 8.73. The number of amides is 1. The third-order valence-electron chi connectivity index (χ3n) is 11.9. The maximum Gasteiger partial charge on any atom is 0.220 e. The molecule has 1 fully saturated rings. The zero-order chi connectivity index (χ0) is 39.0. The van der Waals surface area contributed by atoms with Crippen LogP contribution in [0.15, 0.2) is 131 Å². The molecule has 8 nitrogen and oxygen atoms in total. The minimum absolute atomic E-state index is 0.0166. The van der Waals surface area contributed by atoms with Crippen LogP contribution < -0.4 is 10.6 Å². The standard InChI is InChI=1S/C46H54IN5O3/c1-8-10-11-12-18-55-29(7)43-27(5)37-21-36-26(4)33(16-17-42(54)48-24-30-14-13-15-31(47)19-30)45(51-36)34-20-41(53)44-28(6)38(52-46(34)44)22-39-32(9-2)25(3)35(49-39)23-40(43)50-37/h13-15,19,21-23,26,29,33,51,53H,8-12,16-18,20,24H2,1-7H3,(H,48,54)/t26-,29?,33-/m0/s1. The maximum atomic E-state index is 13.3. The number of rotatable bonds is 13. The zero-order valence-electron chi connectivity index (χ0n) is 33.3. The maximum absolute atomic E-state index is 13.3. The summed E-state index contributed by atoms with van der Waals surface area (Å²) < 4.78 is 7.64. The fourth-order valence-corrected chi connectivity index (χ4v) is 9.34. The first kappa shape index (κ1) is 39.2. The minimum atomic E-state index is -0.136. The van der Waals surface area contributed by atoms with Gasteiger partial charge in [-0.15, -0.1) is 0 Å². The van der Waals surface area contributed by atoms with Gasteiger partial charge in [0, 0.05) is 69.5 Å². The predicted octanol–water partition coefficient (Wildman–Crippen LogP) is 10.3. The van der Waals surface area contributed by atoms with E-state index in [1.165, 1.54) is 24.8 Å². The predicted molar refractivity (Wildman–Crippen MR) is 232 cm³/mol. The molecule has 8 bridgehead atoms. The van der Waals surface area contributed by atoms with E-state index in [-0.39, 0.29) is 23.8 Å². The number of carbonyl (C=O) groups excluding carboxylic acids is 1. The topological polar surface area (TPSA) is 108 Å². The largest absolute Gasteiger partial charge is 0.511 e. The Morgan fingerprint density at radius 1 is 1.02 bits per heavy atom. The molecule has 0 spiro atoms. The minimum Gasteiger partial charge on any atom is -0.511 e. The number of ether oxygens (including phenoxy) is 1. The molecule has 3 N–H and O–H groups in total. The van der Waals surface area contributed by atoms with Gasteiger partial charge in [-0.05, 0) is 128 Å². The second-order valence-electron chi connectivity index (χ2n) is 15.5. The van der Waals surface area contributed by atoms with Crippen molar-refractivity contribution >= 4 is 45.6 Å². The van der Waals surface area contributed by atoms with Crippen LogP contribution in [0.4, 0.5) is 0 Å². The van der Waals surface area contributed by atoms with E-state index in [9.17, 15) is 9.90 Å². The molecule has 1 aromatic carbocycles. The first-order valence-electron chi connectivity index (χ1n) is 20.1. The monoisotopic (exact) mass is 851 g/mol. The van der Waals surface area contributed by atoms with E-state index < -0.39 is 0 Å². The second-order valence-corrected chi connectivity index (χ2v) is 16.8. The van der Waals surface area contributed by atoms with Gasteiger partial charge < -0.3 is 20.5 Å². The van der Waals surface area contributed by atoms with Crippen molar-refractivity contribution in [3.8, 4) is 0 Å². The molecule has 1 amide bonds. The van der Waals surface area contributed by atoms with Gasteiger partial charge in [-0.3, -0.25) is 4.79 Å². The quantitative estimate of drug-likeness (QED) is 0.136. The van der Waals surface area contributed by atoms with Crippen molar-refractivity contribution < 1.29 is 14.6 Å². The molecular weight excluding hydrogens is 797 g/mol. The Balaban J connectivity index is 1.29. The van der Waals surface area contributed by atoms with Crippen molar-refractivity contribution in [2.45, 2.75) is 112 Å². The van der Waals surface area contributed by atoms with Crippen LogP contribution in [0.5, 0.6) is 0 Å². The molecule has 0 aromatic heterocycles. The number of unbranched alkanes of at least 4 members (excludes halogenated alkanes) is 3. The molecule has 1 aliphatic carbocycles. The highest BCUT2D eigenvalue weighted by Crippen LogP contribution is 2.46. The summed E-state index contributed by atoms with van der Waals surface area (Å²) in [5, 5.41) is 18.4. The smallest absolute Gasteiger partial charge is 0.220 e. The lowest BCUT2D eigenvalue weighted by Crippen LogP contribution is -2.24. The van der Waals surface area contributed by atoms with E-state index >= 15 is 0 Å². The van der Waals surface area contributed by atoms with E-state index in [1.807, 2.05) is 19.1 Å². The highest BCUT2D eigenvalue weighted by molar-refractivity contribution is 14.1. The zero-order valence-corrected chi connectivity index (χ0v) is 35.5. The van der Waals surface area contributed by atoms with Gasteiger partial charge in [-0.1, -0.05) is 52.2 Å². The van der Waals surface area contributed by atoms with Crippen molar-refractivity contribution in [1.82, 2.24) is 10.6 Å². The molecule has 1 saturated heterocycles. The molecule has 1 unspecified atom stereocenters. The summed E-state index contributed by atoms with van der Waals surface area (Å²) in [5.74, 6) is 0.453. The van der Waals surface area contributed by atoms with Crippen molar-refractivity contribution in [3.05, 3.63) is 125 Å². The summed E-state index contributed by atoms with van der Waals surface area (Å²) in [6, 6.07) is 8.20. The second kappa shape index (κ2) is 16.6. The number of aliphatic hydroxyl groups excluding tert-OH is 1. The lowest BCUT2D eigenvalue weighted by molar-refractivity contribution is -0.121. The number of fused-ring (bicyclic) bond motifs is 5. The van der Waals surface area contributed by atoms with Crippen LogP contribution in [0.3, 0.4) is 0 Å². The van der Waals surface area contributed by atoms with Gasteiger partial charge in [-0.25, -0.2) is 15.0 Å². The van der Waals surface area contributed by atoms with Gasteiger partial charge >= 0.3 is 0 Å². The van der Waals surface area contributed by atoms with Crippen LogP contribution >= 0.6 is 22.6 Å². The molecule has 55 heavy (non-hydrogen) atoms. The van der Waals surface area contributed by atoms with Crippen LogP contribution in [0, 0.1) is 15.4 Å². The summed E-state index contributed by atoms with van der Waals surface area (Å²) in [5.41, 5.74) is 15.7. The number of carbonyl (C=O) groups is 1. The lowest BCUT2D eigenvalue weighted by Gasteiger charge is -2.18. The Morgan fingerprint density at radius 3 is 2.56 bits per heavy atom. The van der Waals surface area contributed by atoms with Gasteiger partial charge in [0.15, 0.2) is 0 Å². The molecule has 7 rings (SSSR count). The molecule has 288 valence electrons. The molecule has 9 heteroatoms. The van der Waals surface area contributed by atoms with Crippen molar-refractivity contribution in [2.75, 3.05) is 6.61 Å². The first-order valence-corrected chi connectivity index (χ1v) is 21.2. The summed E-state index contributed by atoms with van der Waals surface area (Å²) in [4.78, 5) is 29.0. The van der Waals surface area contributed by atoms with Gasteiger partial charge in [-0.2, -0.15) is 0 Å². The van der Waals surface area contributed by atoms with E-state index in [0.29, 0.717) is 38.2 Å². The Hall–Kier alpha value is -4.09. The number of nitrogens with zero attached hydrogens (tertiary/aromatic N) is 3. The van der Waals surface area contributed by atoms with Gasteiger partial charge in [0.1, 0.15) is 5.76 Å². The summed E-state index contributed by atoms with van der Waals surface area (Å²) in [6.07, 6.45) is 13.2. The van der Waals surface area contributed by atoms with Crippen molar-refractivity contribution in [1.29, 1.82) is 0 Å². The SMILES string of the molecule is CCCCCCOC(C)C1=C(C)C2=NC1=CC1=NC(=CC3=C(C)C4=C(O)CC(=C5NC(=C2)[C@@H](C)[C@@H]5CCC(=O)NCc2cccc(I)c2)C4=N3)C(CC)=C1C. The lowest BCUT2D eigenvalue weighted by atomic mass is 9.86. The summed E-state index contributed by atoms with van der Waals surface area (Å²) in [7, 11) is 0. The molecule has 5 aliphatic heterocycles.